The smallest absolute Gasteiger partial charge is 0.00466 e. The summed E-state index contributed by atoms with van der Waals surface area (Å²) in [4.78, 5) is 0. The highest BCUT2D eigenvalue weighted by molar-refractivity contribution is 5.77. The van der Waals surface area contributed by atoms with Crippen molar-refractivity contribution in [3.63, 3.8) is 0 Å². The zero-order valence-electron chi connectivity index (χ0n) is 8.75. The Balaban J connectivity index is 2.39. The number of aryl methyl sites for hydroxylation is 1. The molecule has 14 heavy (non-hydrogen) atoms. The minimum atomic E-state index is 1.06. The Bertz CT molecular complexity index is 377. The zero-order valence-corrected chi connectivity index (χ0v) is 8.75. The van der Waals surface area contributed by atoms with E-state index < -0.39 is 0 Å². The number of rotatable bonds is 1. The SMILES string of the molecule is CC1=C(c2ccc(C)cc2)[CH]CC=C1. The molecule has 0 heterocycles. The lowest BCUT2D eigenvalue weighted by atomic mass is 9.92. The fourth-order valence-corrected chi connectivity index (χ4v) is 1.76. The summed E-state index contributed by atoms with van der Waals surface area (Å²) in [5.41, 5.74) is 5.39. The molecule has 1 aliphatic rings. The summed E-state index contributed by atoms with van der Waals surface area (Å²) in [6, 6.07) is 8.73. The van der Waals surface area contributed by atoms with Crippen LogP contribution in [0.5, 0.6) is 0 Å². The van der Waals surface area contributed by atoms with Crippen LogP contribution in [0.15, 0.2) is 42.0 Å². The predicted molar refractivity (Wildman–Crippen MR) is 61.8 cm³/mol. The van der Waals surface area contributed by atoms with Crippen LogP contribution in [-0.2, 0) is 0 Å². The van der Waals surface area contributed by atoms with Crippen molar-refractivity contribution in [3.05, 3.63) is 59.5 Å². The number of hydrogen-bond acceptors (Lipinski definition) is 0. The van der Waals surface area contributed by atoms with E-state index >= 15 is 0 Å². The molecule has 2 rings (SSSR count). The molecule has 0 N–H and O–H groups in total. The highest BCUT2D eigenvalue weighted by Gasteiger charge is 2.06. The second-order valence-electron chi connectivity index (χ2n) is 3.80. The van der Waals surface area contributed by atoms with Gasteiger partial charge in [-0.25, -0.2) is 0 Å². The van der Waals surface area contributed by atoms with Crippen molar-refractivity contribution in [1.29, 1.82) is 0 Å². The Morgan fingerprint density at radius 2 is 1.71 bits per heavy atom. The molecule has 0 fully saturated rings. The van der Waals surface area contributed by atoms with Crippen molar-refractivity contribution >= 4 is 5.57 Å². The Morgan fingerprint density at radius 3 is 2.36 bits per heavy atom. The monoisotopic (exact) mass is 183 g/mol. The summed E-state index contributed by atoms with van der Waals surface area (Å²) < 4.78 is 0. The van der Waals surface area contributed by atoms with E-state index in [2.05, 4.69) is 56.7 Å². The van der Waals surface area contributed by atoms with Crippen molar-refractivity contribution in [2.75, 3.05) is 0 Å². The maximum absolute atomic E-state index is 2.29. The molecule has 1 aromatic carbocycles. The molecule has 0 saturated carbocycles. The van der Waals surface area contributed by atoms with Crippen molar-refractivity contribution in [2.24, 2.45) is 0 Å². The van der Waals surface area contributed by atoms with Crippen molar-refractivity contribution < 1.29 is 0 Å². The molecule has 0 heteroatoms. The molecular weight excluding hydrogens is 168 g/mol. The number of benzene rings is 1. The second kappa shape index (κ2) is 3.83. The van der Waals surface area contributed by atoms with Crippen molar-refractivity contribution in [2.45, 2.75) is 20.3 Å². The fraction of sp³-hybridized carbons (Fsp3) is 0.214. The molecule has 1 aliphatic carbocycles. The summed E-state index contributed by atoms with van der Waals surface area (Å²) in [5, 5.41) is 0. The van der Waals surface area contributed by atoms with Gasteiger partial charge in [0.2, 0.25) is 0 Å². The maximum atomic E-state index is 2.29. The van der Waals surface area contributed by atoms with Crippen LogP contribution >= 0.6 is 0 Å². The van der Waals surface area contributed by atoms with Gasteiger partial charge in [0, 0.05) is 0 Å². The van der Waals surface area contributed by atoms with Gasteiger partial charge in [-0.3, -0.25) is 0 Å². The van der Waals surface area contributed by atoms with Crippen LogP contribution in [0.4, 0.5) is 0 Å². The molecule has 0 saturated heterocycles. The van der Waals surface area contributed by atoms with Gasteiger partial charge in [0.1, 0.15) is 0 Å². The van der Waals surface area contributed by atoms with Crippen LogP contribution in [0.3, 0.4) is 0 Å². The van der Waals surface area contributed by atoms with Crippen molar-refractivity contribution in [1.82, 2.24) is 0 Å². The van der Waals surface area contributed by atoms with Crippen LogP contribution in [0, 0.1) is 13.3 Å². The molecule has 1 radical (unpaired) electrons. The minimum absolute atomic E-state index is 1.06. The standard InChI is InChI=1S/C14H15/c1-11-7-9-13(10-8-11)14-6-4-3-5-12(14)2/h3,5-10H,4H2,1-2H3. The lowest BCUT2D eigenvalue weighted by Gasteiger charge is -2.13. The highest BCUT2D eigenvalue weighted by Crippen LogP contribution is 2.27. The van der Waals surface area contributed by atoms with Gasteiger partial charge in [-0.05, 0) is 43.4 Å². The average Bonchev–Trinajstić information content (AvgIpc) is 2.20. The van der Waals surface area contributed by atoms with E-state index in [0.717, 1.165) is 6.42 Å². The molecule has 0 nitrogen and oxygen atoms in total. The van der Waals surface area contributed by atoms with Crippen LogP contribution < -0.4 is 0 Å². The summed E-state index contributed by atoms with van der Waals surface area (Å²) in [5.74, 6) is 0. The van der Waals surface area contributed by atoms with Crippen LogP contribution in [0.2, 0.25) is 0 Å². The van der Waals surface area contributed by atoms with Gasteiger partial charge >= 0.3 is 0 Å². The summed E-state index contributed by atoms with van der Waals surface area (Å²) in [6.07, 6.45) is 7.75. The topological polar surface area (TPSA) is 0 Å². The number of allylic oxidation sites excluding steroid dienone is 4. The third-order valence-corrected chi connectivity index (χ3v) is 2.61. The second-order valence-corrected chi connectivity index (χ2v) is 3.80. The Morgan fingerprint density at radius 1 is 1.00 bits per heavy atom. The molecule has 0 spiro atoms. The van der Waals surface area contributed by atoms with E-state index in [4.69, 9.17) is 0 Å². The fourth-order valence-electron chi connectivity index (χ4n) is 1.76. The quantitative estimate of drug-likeness (QED) is 0.618. The summed E-state index contributed by atoms with van der Waals surface area (Å²) >= 11 is 0. The third kappa shape index (κ3) is 1.79. The molecule has 0 amide bonds. The van der Waals surface area contributed by atoms with E-state index in [1.54, 1.807) is 0 Å². The van der Waals surface area contributed by atoms with Gasteiger partial charge in [0.25, 0.3) is 0 Å². The van der Waals surface area contributed by atoms with E-state index in [1.807, 2.05) is 0 Å². The summed E-state index contributed by atoms with van der Waals surface area (Å²) in [6.45, 7) is 4.29. The molecule has 0 aliphatic heterocycles. The van der Waals surface area contributed by atoms with E-state index in [9.17, 15) is 0 Å². The Hall–Kier alpha value is -1.30. The number of hydrogen-bond donors (Lipinski definition) is 0. The predicted octanol–water partition coefficient (Wildman–Crippen LogP) is 3.93. The Labute approximate surface area is 86.0 Å². The first-order valence-corrected chi connectivity index (χ1v) is 5.05. The van der Waals surface area contributed by atoms with Gasteiger partial charge < -0.3 is 0 Å². The summed E-state index contributed by atoms with van der Waals surface area (Å²) in [7, 11) is 0. The van der Waals surface area contributed by atoms with Gasteiger partial charge in [0.05, 0.1) is 0 Å². The molecule has 0 atom stereocenters. The van der Waals surface area contributed by atoms with Gasteiger partial charge in [0.15, 0.2) is 0 Å². The molecule has 0 unspecified atom stereocenters. The molecular formula is C14H15. The molecule has 71 valence electrons. The maximum Gasteiger partial charge on any atom is -0.00466 e. The molecule has 1 aromatic rings. The van der Waals surface area contributed by atoms with Gasteiger partial charge in [-0.2, -0.15) is 0 Å². The third-order valence-electron chi connectivity index (χ3n) is 2.61. The minimum Gasteiger partial charge on any atom is -0.0836 e. The lowest BCUT2D eigenvalue weighted by Crippen LogP contribution is -1.93. The molecule has 0 bridgehead atoms. The highest BCUT2D eigenvalue weighted by atomic mass is 14.1. The van der Waals surface area contributed by atoms with Crippen LogP contribution in [0.25, 0.3) is 5.57 Å². The first-order chi connectivity index (χ1) is 6.77. The van der Waals surface area contributed by atoms with Gasteiger partial charge in [-0.15, -0.1) is 0 Å². The largest absolute Gasteiger partial charge is 0.0836 e. The van der Waals surface area contributed by atoms with Gasteiger partial charge in [-0.1, -0.05) is 42.0 Å². The van der Waals surface area contributed by atoms with Crippen LogP contribution in [0.1, 0.15) is 24.5 Å². The normalized spacial score (nSPS) is 16.1. The van der Waals surface area contributed by atoms with Crippen LogP contribution in [-0.4, -0.2) is 0 Å². The van der Waals surface area contributed by atoms with E-state index in [1.165, 1.54) is 22.3 Å². The first-order valence-electron chi connectivity index (χ1n) is 5.05. The first kappa shape index (κ1) is 9.26. The zero-order chi connectivity index (χ0) is 9.97. The van der Waals surface area contributed by atoms with E-state index in [-0.39, 0.29) is 0 Å². The lowest BCUT2D eigenvalue weighted by molar-refractivity contribution is 1.23. The average molecular weight is 183 g/mol. The molecule has 0 aromatic heterocycles. The van der Waals surface area contributed by atoms with E-state index in [0.29, 0.717) is 0 Å². The van der Waals surface area contributed by atoms with Crippen molar-refractivity contribution in [3.8, 4) is 0 Å². The Kier molecular flexibility index (Phi) is 2.53.